The van der Waals surface area contributed by atoms with Crippen molar-refractivity contribution in [1.82, 2.24) is 4.98 Å². The van der Waals surface area contributed by atoms with Crippen molar-refractivity contribution in [3.05, 3.63) is 23.9 Å². The fourth-order valence-electron chi connectivity index (χ4n) is 1.51. The van der Waals surface area contributed by atoms with Gasteiger partial charge < -0.3 is 10.0 Å². The highest BCUT2D eigenvalue weighted by Gasteiger charge is 2.14. The van der Waals surface area contributed by atoms with Crippen LogP contribution in [0.25, 0.3) is 0 Å². The third-order valence-electron chi connectivity index (χ3n) is 3.19. The summed E-state index contributed by atoms with van der Waals surface area (Å²) in [6, 6.07) is 4.34. The van der Waals surface area contributed by atoms with E-state index in [1.54, 1.807) is 13.1 Å². The van der Waals surface area contributed by atoms with Gasteiger partial charge in [-0.2, -0.15) is 0 Å². The standard InChI is InChI=1S/C13H22N2O/c1-9(2)10(3)15(5)13-7-6-12(8-14-13)11(4)16/h6-11,16H,1-5H3/t10?,11-/m0/s1. The lowest BCUT2D eigenvalue weighted by molar-refractivity contribution is 0.199. The van der Waals surface area contributed by atoms with E-state index in [9.17, 15) is 5.11 Å². The topological polar surface area (TPSA) is 36.4 Å². The zero-order chi connectivity index (χ0) is 12.3. The molecule has 0 amide bonds. The van der Waals surface area contributed by atoms with E-state index in [4.69, 9.17) is 0 Å². The van der Waals surface area contributed by atoms with Crippen molar-refractivity contribution in [3.8, 4) is 0 Å². The minimum Gasteiger partial charge on any atom is -0.389 e. The van der Waals surface area contributed by atoms with Crippen LogP contribution in [0.3, 0.4) is 0 Å². The molecular formula is C13H22N2O. The number of anilines is 1. The summed E-state index contributed by atoms with van der Waals surface area (Å²) in [5.41, 5.74) is 0.856. The Bertz CT molecular complexity index is 319. The average molecular weight is 222 g/mol. The highest BCUT2D eigenvalue weighted by Crippen LogP contribution is 2.18. The van der Waals surface area contributed by atoms with Crippen LogP contribution < -0.4 is 4.90 Å². The molecule has 90 valence electrons. The Morgan fingerprint density at radius 2 is 1.81 bits per heavy atom. The number of hydrogen-bond acceptors (Lipinski definition) is 3. The Hall–Kier alpha value is -1.09. The highest BCUT2D eigenvalue weighted by molar-refractivity contribution is 5.39. The molecular weight excluding hydrogens is 200 g/mol. The van der Waals surface area contributed by atoms with Crippen molar-refractivity contribution < 1.29 is 5.11 Å². The summed E-state index contributed by atoms with van der Waals surface area (Å²) in [6.45, 7) is 8.34. The first kappa shape index (κ1) is 13.0. The highest BCUT2D eigenvalue weighted by atomic mass is 16.3. The minimum atomic E-state index is -0.450. The van der Waals surface area contributed by atoms with Gasteiger partial charge in [0.1, 0.15) is 5.82 Å². The molecule has 1 aromatic rings. The number of aliphatic hydroxyl groups is 1. The molecule has 0 saturated carbocycles. The molecule has 1 heterocycles. The van der Waals surface area contributed by atoms with E-state index >= 15 is 0 Å². The average Bonchev–Trinajstić information content (AvgIpc) is 2.27. The van der Waals surface area contributed by atoms with Gasteiger partial charge in [-0.15, -0.1) is 0 Å². The molecule has 1 N–H and O–H groups in total. The number of rotatable bonds is 4. The molecule has 1 aromatic heterocycles. The van der Waals surface area contributed by atoms with Crippen LogP contribution in [-0.4, -0.2) is 23.2 Å². The summed E-state index contributed by atoms with van der Waals surface area (Å²) in [6.07, 6.45) is 1.29. The normalized spacial score (nSPS) is 14.9. The number of aromatic nitrogens is 1. The predicted molar refractivity (Wildman–Crippen MR) is 67.6 cm³/mol. The summed E-state index contributed by atoms with van der Waals surface area (Å²) in [7, 11) is 2.05. The third-order valence-corrected chi connectivity index (χ3v) is 3.19. The molecule has 0 aliphatic carbocycles. The summed E-state index contributed by atoms with van der Waals surface area (Å²) < 4.78 is 0. The second kappa shape index (κ2) is 5.30. The summed E-state index contributed by atoms with van der Waals surface area (Å²) >= 11 is 0. The van der Waals surface area contributed by atoms with E-state index in [1.807, 2.05) is 12.1 Å². The van der Waals surface area contributed by atoms with Crippen LogP contribution in [0.1, 0.15) is 39.4 Å². The first-order valence-corrected chi connectivity index (χ1v) is 5.80. The predicted octanol–water partition coefficient (Wildman–Crippen LogP) is 2.62. The van der Waals surface area contributed by atoms with Gasteiger partial charge in [0.05, 0.1) is 6.10 Å². The van der Waals surface area contributed by atoms with Crippen molar-refractivity contribution in [1.29, 1.82) is 0 Å². The van der Waals surface area contributed by atoms with Crippen molar-refractivity contribution in [2.45, 2.75) is 39.8 Å². The first-order valence-electron chi connectivity index (χ1n) is 5.80. The van der Waals surface area contributed by atoms with Crippen molar-refractivity contribution in [2.75, 3.05) is 11.9 Å². The van der Waals surface area contributed by atoms with E-state index in [2.05, 4.69) is 37.7 Å². The minimum absolute atomic E-state index is 0.449. The van der Waals surface area contributed by atoms with Crippen LogP contribution in [0, 0.1) is 5.92 Å². The zero-order valence-corrected chi connectivity index (χ0v) is 10.8. The van der Waals surface area contributed by atoms with E-state index in [0.717, 1.165) is 11.4 Å². The Labute approximate surface area is 98.1 Å². The Balaban J connectivity index is 2.81. The molecule has 0 fully saturated rings. The Kier molecular flexibility index (Phi) is 4.30. The van der Waals surface area contributed by atoms with Crippen LogP contribution in [-0.2, 0) is 0 Å². The molecule has 0 aromatic carbocycles. The fourth-order valence-corrected chi connectivity index (χ4v) is 1.51. The van der Waals surface area contributed by atoms with Crippen LogP contribution >= 0.6 is 0 Å². The van der Waals surface area contributed by atoms with E-state index in [0.29, 0.717) is 12.0 Å². The van der Waals surface area contributed by atoms with Gasteiger partial charge in [0.2, 0.25) is 0 Å². The molecule has 1 unspecified atom stereocenters. The van der Waals surface area contributed by atoms with Crippen LogP contribution in [0.5, 0.6) is 0 Å². The lowest BCUT2D eigenvalue weighted by atomic mass is 10.1. The van der Waals surface area contributed by atoms with Crippen LogP contribution in [0.2, 0.25) is 0 Å². The van der Waals surface area contributed by atoms with Gasteiger partial charge in [0.25, 0.3) is 0 Å². The molecule has 3 heteroatoms. The molecule has 0 radical (unpaired) electrons. The van der Waals surface area contributed by atoms with Gasteiger partial charge in [-0.05, 0) is 31.4 Å². The van der Waals surface area contributed by atoms with E-state index in [1.165, 1.54) is 0 Å². The van der Waals surface area contributed by atoms with Crippen LogP contribution in [0.4, 0.5) is 5.82 Å². The van der Waals surface area contributed by atoms with Crippen LogP contribution in [0.15, 0.2) is 18.3 Å². The molecule has 16 heavy (non-hydrogen) atoms. The Morgan fingerprint density at radius 3 is 2.19 bits per heavy atom. The largest absolute Gasteiger partial charge is 0.389 e. The number of pyridine rings is 1. The fraction of sp³-hybridized carbons (Fsp3) is 0.615. The third kappa shape index (κ3) is 2.95. The van der Waals surface area contributed by atoms with Crippen molar-refractivity contribution in [2.24, 2.45) is 5.92 Å². The van der Waals surface area contributed by atoms with E-state index in [-0.39, 0.29) is 0 Å². The van der Waals surface area contributed by atoms with Gasteiger partial charge in [0.15, 0.2) is 0 Å². The molecule has 0 aliphatic rings. The monoisotopic (exact) mass is 222 g/mol. The maximum Gasteiger partial charge on any atom is 0.128 e. The number of nitrogens with zero attached hydrogens (tertiary/aromatic N) is 2. The Morgan fingerprint density at radius 1 is 1.19 bits per heavy atom. The zero-order valence-electron chi connectivity index (χ0n) is 10.8. The lowest BCUT2D eigenvalue weighted by Crippen LogP contribution is -2.33. The molecule has 1 rings (SSSR count). The van der Waals surface area contributed by atoms with Crippen molar-refractivity contribution >= 4 is 5.82 Å². The van der Waals surface area contributed by atoms with E-state index < -0.39 is 6.10 Å². The van der Waals surface area contributed by atoms with Gasteiger partial charge in [0, 0.05) is 19.3 Å². The smallest absolute Gasteiger partial charge is 0.128 e. The molecule has 2 atom stereocenters. The van der Waals surface area contributed by atoms with Gasteiger partial charge >= 0.3 is 0 Å². The first-order chi connectivity index (χ1) is 7.43. The molecule has 3 nitrogen and oxygen atoms in total. The van der Waals surface area contributed by atoms with Gasteiger partial charge in [-0.1, -0.05) is 19.9 Å². The SMILES string of the molecule is CC(C)C(C)N(C)c1ccc([C@H](C)O)cn1. The second-order valence-corrected chi connectivity index (χ2v) is 4.72. The summed E-state index contributed by atoms with van der Waals surface area (Å²) in [4.78, 5) is 6.53. The van der Waals surface area contributed by atoms with Gasteiger partial charge in [-0.25, -0.2) is 4.98 Å². The maximum absolute atomic E-state index is 9.40. The second-order valence-electron chi connectivity index (χ2n) is 4.72. The van der Waals surface area contributed by atoms with Gasteiger partial charge in [-0.3, -0.25) is 0 Å². The number of aliphatic hydroxyl groups excluding tert-OH is 1. The lowest BCUT2D eigenvalue weighted by Gasteiger charge is -2.29. The van der Waals surface area contributed by atoms with Crippen molar-refractivity contribution in [3.63, 3.8) is 0 Å². The maximum atomic E-state index is 9.40. The molecule has 0 aliphatic heterocycles. The summed E-state index contributed by atoms with van der Waals surface area (Å²) in [5, 5.41) is 9.40. The molecule has 0 saturated heterocycles. The number of hydrogen-bond donors (Lipinski definition) is 1. The molecule has 0 spiro atoms. The quantitative estimate of drug-likeness (QED) is 0.850. The molecule has 0 bridgehead atoms. The summed E-state index contributed by atoms with van der Waals surface area (Å²) in [5.74, 6) is 1.54.